The van der Waals surface area contributed by atoms with Crippen molar-refractivity contribution in [2.45, 2.75) is 25.6 Å². The summed E-state index contributed by atoms with van der Waals surface area (Å²) in [6.45, 7) is 2.14. The second kappa shape index (κ2) is 5.74. The summed E-state index contributed by atoms with van der Waals surface area (Å²) in [5.74, 6) is 0.978. The summed E-state index contributed by atoms with van der Waals surface area (Å²) in [7, 11) is 0. The predicted molar refractivity (Wildman–Crippen MR) is 101 cm³/mol. The smallest absolute Gasteiger partial charge is 0.223 e. The fourth-order valence-electron chi connectivity index (χ4n) is 3.65. The third kappa shape index (κ3) is 2.36. The van der Waals surface area contributed by atoms with Gasteiger partial charge in [0.25, 0.3) is 0 Å². The van der Waals surface area contributed by atoms with Gasteiger partial charge in [-0.2, -0.15) is 5.10 Å². The lowest BCUT2D eigenvalue weighted by Gasteiger charge is -2.37. The minimum absolute atomic E-state index is 0.152. The van der Waals surface area contributed by atoms with Crippen LogP contribution in [0.15, 0.2) is 71.1 Å². The van der Waals surface area contributed by atoms with E-state index in [0.29, 0.717) is 0 Å². The third-order valence-corrected chi connectivity index (χ3v) is 5.98. The number of nitrogens with zero attached hydrogens (tertiary/aromatic N) is 2. The predicted octanol–water partition coefficient (Wildman–Crippen LogP) is 5.30. The van der Waals surface area contributed by atoms with Gasteiger partial charge in [-0.3, -0.25) is 0 Å². The van der Waals surface area contributed by atoms with Crippen LogP contribution in [0.5, 0.6) is 5.75 Å². The zero-order valence-corrected chi connectivity index (χ0v) is 14.7. The van der Waals surface area contributed by atoms with Crippen LogP contribution in [-0.4, -0.2) is 10.7 Å². The summed E-state index contributed by atoms with van der Waals surface area (Å²) in [5.41, 5.74) is 4.81. The number of thiophene rings is 1. The molecule has 1 aromatic heterocycles. The SMILES string of the molecule is Cc1ccsc1[C@H]1Oc2ccccc2[C@@H]2CC(c3ccccc3)=NN12. The maximum atomic E-state index is 6.38. The Kier molecular flexibility index (Phi) is 3.38. The van der Waals surface area contributed by atoms with Gasteiger partial charge in [-0.1, -0.05) is 48.5 Å². The zero-order valence-electron chi connectivity index (χ0n) is 13.9. The van der Waals surface area contributed by atoms with Crippen molar-refractivity contribution < 1.29 is 4.74 Å². The van der Waals surface area contributed by atoms with E-state index in [2.05, 4.69) is 65.8 Å². The molecule has 0 saturated heterocycles. The third-order valence-electron chi connectivity index (χ3n) is 4.93. The van der Waals surface area contributed by atoms with E-state index in [4.69, 9.17) is 9.84 Å². The number of rotatable bonds is 2. The molecule has 2 atom stereocenters. The molecule has 3 heterocycles. The molecule has 0 aliphatic carbocycles. The van der Waals surface area contributed by atoms with E-state index < -0.39 is 0 Å². The molecule has 0 saturated carbocycles. The second-order valence-corrected chi connectivity index (χ2v) is 7.44. The number of para-hydroxylation sites is 1. The lowest BCUT2D eigenvalue weighted by molar-refractivity contribution is -0.0169. The van der Waals surface area contributed by atoms with Crippen LogP contribution in [0.25, 0.3) is 0 Å². The molecule has 3 aromatic rings. The second-order valence-electron chi connectivity index (χ2n) is 6.49. The summed E-state index contributed by atoms with van der Waals surface area (Å²) in [4.78, 5) is 1.23. The molecule has 3 nitrogen and oxygen atoms in total. The van der Waals surface area contributed by atoms with Crippen LogP contribution in [-0.2, 0) is 0 Å². The first-order chi connectivity index (χ1) is 12.3. The van der Waals surface area contributed by atoms with Crippen LogP contribution in [0.2, 0.25) is 0 Å². The average molecular weight is 346 g/mol. The first-order valence-electron chi connectivity index (χ1n) is 8.52. The zero-order chi connectivity index (χ0) is 16.8. The number of hydrogen-bond acceptors (Lipinski definition) is 4. The van der Waals surface area contributed by atoms with Crippen LogP contribution < -0.4 is 4.74 Å². The lowest BCUT2D eigenvalue weighted by atomic mass is 9.96. The Labute approximate surface area is 151 Å². The van der Waals surface area contributed by atoms with Gasteiger partial charge in [-0.05, 0) is 35.6 Å². The quantitative estimate of drug-likeness (QED) is 0.629. The van der Waals surface area contributed by atoms with Gasteiger partial charge >= 0.3 is 0 Å². The molecule has 0 fully saturated rings. The van der Waals surface area contributed by atoms with Crippen molar-refractivity contribution in [3.8, 4) is 5.75 Å². The van der Waals surface area contributed by atoms with Crippen molar-refractivity contribution in [3.63, 3.8) is 0 Å². The molecule has 25 heavy (non-hydrogen) atoms. The molecule has 0 spiro atoms. The molecule has 2 aliphatic heterocycles. The monoisotopic (exact) mass is 346 g/mol. The van der Waals surface area contributed by atoms with Gasteiger partial charge < -0.3 is 4.74 Å². The molecule has 0 N–H and O–H groups in total. The summed E-state index contributed by atoms with van der Waals surface area (Å²) >= 11 is 1.74. The molecule has 0 bridgehead atoms. The maximum Gasteiger partial charge on any atom is 0.223 e. The number of benzene rings is 2. The first-order valence-corrected chi connectivity index (χ1v) is 9.40. The molecular formula is C21H18N2OS. The highest BCUT2D eigenvalue weighted by atomic mass is 32.1. The van der Waals surface area contributed by atoms with Crippen LogP contribution >= 0.6 is 11.3 Å². The average Bonchev–Trinajstić information content (AvgIpc) is 3.28. The minimum atomic E-state index is -0.152. The Morgan fingerprint density at radius 3 is 2.64 bits per heavy atom. The van der Waals surface area contributed by atoms with E-state index >= 15 is 0 Å². The molecule has 0 unspecified atom stereocenters. The number of aryl methyl sites for hydroxylation is 1. The van der Waals surface area contributed by atoms with Gasteiger partial charge in [0.05, 0.1) is 16.6 Å². The minimum Gasteiger partial charge on any atom is -0.464 e. The molecule has 0 amide bonds. The first kappa shape index (κ1) is 14.7. The number of fused-ring (bicyclic) bond motifs is 3. The van der Waals surface area contributed by atoms with E-state index in [9.17, 15) is 0 Å². The van der Waals surface area contributed by atoms with Crippen LogP contribution in [0.1, 0.15) is 40.3 Å². The fraction of sp³-hybridized carbons (Fsp3) is 0.190. The van der Waals surface area contributed by atoms with Crippen molar-refractivity contribution >= 4 is 17.0 Å². The topological polar surface area (TPSA) is 24.8 Å². The molecule has 4 heteroatoms. The van der Waals surface area contributed by atoms with E-state index in [0.717, 1.165) is 17.9 Å². The largest absolute Gasteiger partial charge is 0.464 e. The molecule has 2 aliphatic rings. The maximum absolute atomic E-state index is 6.38. The van der Waals surface area contributed by atoms with Gasteiger partial charge in [0, 0.05) is 12.0 Å². The summed E-state index contributed by atoms with van der Waals surface area (Å²) < 4.78 is 6.38. The Morgan fingerprint density at radius 2 is 1.84 bits per heavy atom. The Morgan fingerprint density at radius 1 is 1.04 bits per heavy atom. The van der Waals surface area contributed by atoms with Gasteiger partial charge in [0.1, 0.15) is 5.75 Å². The van der Waals surface area contributed by atoms with Crippen molar-refractivity contribution in [1.82, 2.24) is 5.01 Å². The summed E-state index contributed by atoms with van der Waals surface area (Å²) in [6, 6.07) is 21.2. The van der Waals surface area contributed by atoms with Gasteiger partial charge in [0.2, 0.25) is 6.23 Å². The van der Waals surface area contributed by atoms with Crippen molar-refractivity contribution in [3.05, 3.63) is 87.6 Å². The molecule has 0 radical (unpaired) electrons. The van der Waals surface area contributed by atoms with Crippen molar-refractivity contribution in [2.75, 3.05) is 0 Å². The Bertz CT molecular complexity index is 947. The molecule has 2 aromatic carbocycles. The molecular weight excluding hydrogens is 328 g/mol. The Balaban J connectivity index is 1.62. The normalized spacial score (nSPS) is 21.3. The summed E-state index contributed by atoms with van der Waals surface area (Å²) in [6.07, 6.45) is 0.756. The summed E-state index contributed by atoms with van der Waals surface area (Å²) in [5, 5.41) is 9.27. The van der Waals surface area contributed by atoms with E-state index in [1.165, 1.54) is 21.6 Å². The number of hydrogen-bond donors (Lipinski definition) is 0. The lowest BCUT2D eigenvalue weighted by Crippen LogP contribution is -2.33. The van der Waals surface area contributed by atoms with Crippen LogP contribution in [0, 0.1) is 6.92 Å². The van der Waals surface area contributed by atoms with Crippen molar-refractivity contribution in [1.29, 1.82) is 0 Å². The van der Waals surface area contributed by atoms with E-state index in [1.807, 2.05) is 12.1 Å². The van der Waals surface area contributed by atoms with Crippen molar-refractivity contribution in [2.24, 2.45) is 5.10 Å². The highest BCUT2D eigenvalue weighted by molar-refractivity contribution is 7.10. The van der Waals surface area contributed by atoms with E-state index in [1.54, 1.807) is 11.3 Å². The van der Waals surface area contributed by atoms with E-state index in [-0.39, 0.29) is 12.3 Å². The Hall–Kier alpha value is -2.59. The van der Waals surface area contributed by atoms with Crippen LogP contribution in [0.3, 0.4) is 0 Å². The van der Waals surface area contributed by atoms with Crippen LogP contribution in [0.4, 0.5) is 0 Å². The standard InChI is InChI=1S/C21H18N2OS/c1-14-11-12-25-20(14)21-23-18(16-9-5-6-10-19(16)24-21)13-17(22-23)15-7-3-2-4-8-15/h2-12,18,21H,13H2,1H3/t18-,21+/m0/s1. The molecule has 5 rings (SSSR count). The van der Waals surface area contributed by atoms with Gasteiger partial charge in [-0.15, -0.1) is 11.3 Å². The highest BCUT2D eigenvalue weighted by Crippen LogP contribution is 2.48. The molecule has 124 valence electrons. The number of hydrazone groups is 1. The number of ether oxygens (including phenoxy) is 1. The van der Waals surface area contributed by atoms with Gasteiger partial charge in [0.15, 0.2) is 0 Å². The fourth-order valence-corrected chi connectivity index (χ4v) is 4.59. The van der Waals surface area contributed by atoms with Gasteiger partial charge in [-0.25, -0.2) is 5.01 Å². The highest BCUT2D eigenvalue weighted by Gasteiger charge is 2.41.